The second-order valence-corrected chi connectivity index (χ2v) is 1.98. The first kappa shape index (κ1) is 23.5. The van der Waals surface area contributed by atoms with Crippen LogP contribution in [0.2, 0.25) is 0 Å². The number of carbonyl (C=O) groups excluding carboxylic acids is 3. The van der Waals surface area contributed by atoms with Gasteiger partial charge in [-0.2, -0.15) is 29.9 Å². The van der Waals surface area contributed by atoms with Crippen LogP contribution in [0.3, 0.4) is 0 Å². The Morgan fingerprint density at radius 3 is 1.73 bits per heavy atom. The predicted octanol–water partition coefficient (Wildman–Crippen LogP) is 1.69. The van der Waals surface area contributed by atoms with Crippen LogP contribution in [0.5, 0.6) is 0 Å². The monoisotopic (exact) mass is 250 g/mol. The van der Waals surface area contributed by atoms with E-state index in [-0.39, 0.29) is 17.1 Å². The van der Waals surface area contributed by atoms with E-state index in [1.165, 1.54) is 5.57 Å². The summed E-state index contributed by atoms with van der Waals surface area (Å²) in [5.74, 6) is 0. The molecule has 0 amide bonds. The molecule has 0 saturated heterocycles. The van der Waals surface area contributed by atoms with Crippen molar-refractivity contribution in [3.8, 4) is 0 Å². The molecule has 0 N–H and O–H groups in total. The predicted molar refractivity (Wildman–Crippen MR) is 56.7 cm³/mol. The van der Waals surface area contributed by atoms with Crippen LogP contribution in [0.1, 0.15) is 13.3 Å². The van der Waals surface area contributed by atoms with Crippen LogP contribution in [0.4, 0.5) is 0 Å². The van der Waals surface area contributed by atoms with E-state index in [4.69, 9.17) is 14.4 Å². The smallest absolute Gasteiger partial charge is 0.106 e. The zero-order valence-electron chi connectivity index (χ0n) is 8.79. The molecule has 0 heterocycles. The molecule has 1 radical (unpaired) electrons. The molecular formula is C11H15MnO3-. The maximum atomic E-state index is 8.00. The maximum absolute atomic E-state index is 8.00. The Morgan fingerprint density at radius 2 is 1.60 bits per heavy atom. The van der Waals surface area contributed by atoms with Gasteiger partial charge in [0.1, 0.15) is 20.4 Å². The largest absolute Gasteiger partial charge is 0.307 e. The van der Waals surface area contributed by atoms with Crippen molar-refractivity contribution in [3.63, 3.8) is 0 Å². The Labute approximate surface area is 101 Å². The molecule has 0 saturated carbocycles. The van der Waals surface area contributed by atoms with Crippen LogP contribution in [0.15, 0.2) is 29.9 Å². The molecule has 0 atom stereocenters. The van der Waals surface area contributed by atoms with Crippen molar-refractivity contribution >= 4 is 20.4 Å². The average Bonchev–Trinajstić information content (AvgIpc) is 2.80. The third kappa shape index (κ3) is 15.5. The van der Waals surface area contributed by atoms with E-state index in [1.54, 1.807) is 0 Å². The van der Waals surface area contributed by atoms with Crippen molar-refractivity contribution < 1.29 is 31.5 Å². The standard InChI is InChI=1S/C8H9.3CH2O.Mn/c1-7(2)8-5-3-4-6-8;3*1-2;/h3,5H,1,4H2,2H3;3*1H2;/q-1;;;;. The van der Waals surface area contributed by atoms with Crippen LogP contribution in [-0.2, 0) is 31.5 Å². The minimum atomic E-state index is 0. The Bertz CT molecular complexity index is 205. The summed E-state index contributed by atoms with van der Waals surface area (Å²) in [7, 11) is 0. The van der Waals surface area contributed by atoms with Gasteiger partial charge in [0.25, 0.3) is 0 Å². The van der Waals surface area contributed by atoms with Gasteiger partial charge in [0.2, 0.25) is 0 Å². The minimum absolute atomic E-state index is 0. The first-order chi connectivity index (χ1) is 6.80. The summed E-state index contributed by atoms with van der Waals surface area (Å²) in [6.45, 7) is 11.8. The van der Waals surface area contributed by atoms with E-state index in [0.717, 1.165) is 12.0 Å². The van der Waals surface area contributed by atoms with Gasteiger partial charge in [-0.05, 0) is 0 Å². The Balaban J connectivity index is -0.0000000755. The van der Waals surface area contributed by atoms with Crippen LogP contribution < -0.4 is 0 Å². The number of hydrogen-bond acceptors (Lipinski definition) is 3. The number of allylic oxidation sites excluding steroid dienone is 5. The summed E-state index contributed by atoms with van der Waals surface area (Å²) in [6.07, 6.45) is 8.27. The molecule has 0 aromatic heterocycles. The summed E-state index contributed by atoms with van der Waals surface area (Å²) in [5.41, 5.74) is 2.28. The minimum Gasteiger partial charge on any atom is -0.307 e. The molecule has 0 spiro atoms. The molecule has 3 nitrogen and oxygen atoms in total. The molecule has 0 unspecified atom stereocenters. The van der Waals surface area contributed by atoms with Crippen molar-refractivity contribution in [3.05, 3.63) is 36.0 Å². The Hall–Kier alpha value is -1.25. The van der Waals surface area contributed by atoms with E-state index in [9.17, 15) is 0 Å². The van der Waals surface area contributed by atoms with Crippen molar-refractivity contribution in [2.75, 3.05) is 0 Å². The second kappa shape index (κ2) is 23.0. The second-order valence-electron chi connectivity index (χ2n) is 1.98. The van der Waals surface area contributed by atoms with Gasteiger partial charge in [-0.15, -0.1) is 6.08 Å². The van der Waals surface area contributed by atoms with Crippen molar-refractivity contribution in [1.29, 1.82) is 0 Å². The normalized spacial score (nSPS) is 9.53. The van der Waals surface area contributed by atoms with Gasteiger partial charge in [0.05, 0.1) is 0 Å². The van der Waals surface area contributed by atoms with E-state index in [2.05, 4.69) is 24.8 Å². The average molecular weight is 250 g/mol. The Kier molecular flexibility index (Phi) is 36.0. The fourth-order valence-electron chi connectivity index (χ4n) is 0.698. The maximum Gasteiger partial charge on any atom is 0.106 e. The molecule has 4 heteroatoms. The summed E-state index contributed by atoms with van der Waals surface area (Å²) in [4.78, 5) is 24.0. The molecule has 15 heavy (non-hydrogen) atoms. The van der Waals surface area contributed by atoms with Gasteiger partial charge in [0.15, 0.2) is 0 Å². The molecule has 1 aliphatic rings. The molecule has 85 valence electrons. The molecule has 0 bridgehead atoms. The molecule has 0 aromatic rings. The SMILES string of the molecule is C=C(C)C1=[C-]CC=C1.C=O.C=O.C=O.[Mn]. The van der Waals surface area contributed by atoms with Gasteiger partial charge in [0, 0.05) is 17.1 Å². The molecule has 0 fully saturated rings. The summed E-state index contributed by atoms with van der Waals surface area (Å²) >= 11 is 0. The van der Waals surface area contributed by atoms with Gasteiger partial charge in [-0.3, -0.25) is 0 Å². The Morgan fingerprint density at radius 1 is 1.20 bits per heavy atom. The third-order valence-electron chi connectivity index (χ3n) is 1.15. The van der Waals surface area contributed by atoms with E-state index in [1.807, 2.05) is 27.3 Å². The number of carbonyl (C=O) groups is 3. The summed E-state index contributed by atoms with van der Waals surface area (Å²) in [5, 5.41) is 0. The molecule has 0 aromatic carbocycles. The van der Waals surface area contributed by atoms with Crippen LogP contribution in [0.25, 0.3) is 0 Å². The zero-order chi connectivity index (χ0) is 12.0. The van der Waals surface area contributed by atoms with Crippen molar-refractivity contribution in [1.82, 2.24) is 0 Å². The molecule has 1 rings (SSSR count). The van der Waals surface area contributed by atoms with Crippen molar-refractivity contribution in [2.24, 2.45) is 0 Å². The molecule has 0 aliphatic heterocycles. The van der Waals surface area contributed by atoms with Gasteiger partial charge >= 0.3 is 0 Å². The van der Waals surface area contributed by atoms with Crippen molar-refractivity contribution in [2.45, 2.75) is 13.3 Å². The first-order valence-electron chi connectivity index (χ1n) is 3.60. The molecule has 1 aliphatic carbocycles. The quantitative estimate of drug-likeness (QED) is 0.525. The van der Waals surface area contributed by atoms with Gasteiger partial charge in [-0.1, -0.05) is 13.3 Å². The first-order valence-corrected chi connectivity index (χ1v) is 3.60. The van der Waals surface area contributed by atoms with E-state index in [0.29, 0.717) is 0 Å². The number of hydrogen-bond donors (Lipinski definition) is 0. The van der Waals surface area contributed by atoms with E-state index >= 15 is 0 Å². The topological polar surface area (TPSA) is 51.2 Å². The fourth-order valence-corrected chi connectivity index (χ4v) is 0.698. The van der Waals surface area contributed by atoms with Crippen LogP contribution >= 0.6 is 0 Å². The summed E-state index contributed by atoms with van der Waals surface area (Å²) in [6, 6.07) is 0. The molecular weight excluding hydrogens is 235 g/mol. The van der Waals surface area contributed by atoms with Gasteiger partial charge < -0.3 is 14.4 Å². The summed E-state index contributed by atoms with van der Waals surface area (Å²) < 4.78 is 0. The number of rotatable bonds is 1. The zero-order valence-corrected chi connectivity index (χ0v) is 9.97. The van der Waals surface area contributed by atoms with Gasteiger partial charge in [-0.25, -0.2) is 0 Å². The van der Waals surface area contributed by atoms with E-state index < -0.39 is 0 Å². The van der Waals surface area contributed by atoms with Crippen LogP contribution in [-0.4, -0.2) is 20.4 Å². The van der Waals surface area contributed by atoms with Crippen LogP contribution in [0, 0.1) is 6.08 Å². The third-order valence-corrected chi connectivity index (χ3v) is 1.15. The fraction of sp³-hybridized carbons (Fsp3) is 0.182.